The molecule has 0 spiro atoms. The second kappa shape index (κ2) is 7.72. The maximum atomic E-state index is 12.2. The lowest BCUT2D eigenvalue weighted by atomic mass is 10.2. The highest BCUT2D eigenvalue weighted by Crippen LogP contribution is 2.37. The van der Waals surface area contributed by atoms with Gasteiger partial charge in [-0.25, -0.2) is 4.99 Å². The molecule has 0 atom stereocenters. The number of aliphatic imine (C=N–C) groups is 1. The van der Waals surface area contributed by atoms with Crippen molar-refractivity contribution in [3.63, 3.8) is 0 Å². The summed E-state index contributed by atoms with van der Waals surface area (Å²) in [5, 5.41) is 13.1. The van der Waals surface area contributed by atoms with Crippen molar-refractivity contribution in [2.75, 3.05) is 14.2 Å². The summed E-state index contributed by atoms with van der Waals surface area (Å²) in [4.78, 5) is 17.1. The summed E-state index contributed by atoms with van der Waals surface area (Å²) in [5.74, 6) is 0.433. The SMILES string of the molecule is COc1ccccc1N=C1NC(=O)C(=Cc2cc(Cl)c(O)c(OC)c2)S1. The molecule has 2 aromatic rings. The third-order valence-electron chi connectivity index (χ3n) is 3.53. The average Bonchev–Trinajstić information content (AvgIpc) is 2.97. The molecule has 2 N–H and O–H groups in total. The van der Waals surface area contributed by atoms with Crippen molar-refractivity contribution < 1.29 is 19.4 Å². The van der Waals surface area contributed by atoms with Crippen LogP contribution in [0, 0.1) is 0 Å². The maximum Gasteiger partial charge on any atom is 0.264 e. The number of rotatable bonds is 4. The number of carbonyl (C=O) groups is 1. The fraction of sp³-hybridized carbons (Fsp3) is 0.111. The molecular formula is C18H15ClN2O4S. The Kier molecular flexibility index (Phi) is 5.39. The molecule has 0 radical (unpaired) electrons. The van der Waals surface area contributed by atoms with Crippen LogP contribution >= 0.6 is 23.4 Å². The van der Waals surface area contributed by atoms with Crippen LogP contribution in [0.5, 0.6) is 17.2 Å². The largest absolute Gasteiger partial charge is 0.503 e. The monoisotopic (exact) mass is 390 g/mol. The second-order valence-electron chi connectivity index (χ2n) is 5.21. The molecular weight excluding hydrogens is 376 g/mol. The van der Waals surface area contributed by atoms with Gasteiger partial charge in [0.2, 0.25) is 0 Å². The molecule has 0 aromatic heterocycles. The van der Waals surface area contributed by atoms with Crippen molar-refractivity contribution in [3.05, 3.63) is 51.9 Å². The summed E-state index contributed by atoms with van der Waals surface area (Å²) in [6.07, 6.45) is 1.65. The lowest BCUT2D eigenvalue weighted by molar-refractivity contribution is -0.115. The van der Waals surface area contributed by atoms with Gasteiger partial charge in [-0.1, -0.05) is 23.7 Å². The highest BCUT2D eigenvalue weighted by Gasteiger charge is 2.24. The molecule has 1 amide bonds. The van der Waals surface area contributed by atoms with Crippen LogP contribution in [0.4, 0.5) is 5.69 Å². The quantitative estimate of drug-likeness (QED) is 0.772. The van der Waals surface area contributed by atoms with Crippen molar-refractivity contribution in [3.8, 4) is 17.2 Å². The normalized spacial score (nSPS) is 16.8. The van der Waals surface area contributed by atoms with Crippen LogP contribution in [0.15, 0.2) is 46.3 Å². The number of carbonyl (C=O) groups excluding carboxylic acids is 1. The van der Waals surface area contributed by atoms with Gasteiger partial charge >= 0.3 is 0 Å². The van der Waals surface area contributed by atoms with Crippen LogP contribution in [0.1, 0.15) is 5.56 Å². The number of halogens is 1. The Morgan fingerprint density at radius 3 is 2.65 bits per heavy atom. The zero-order chi connectivity index (χ0) is 18.7. The Hall–Kier alpha value is -2.64. The lowest BCUT2D eigenvalue weighted by Gasteiger charge is -2.06. The molecule has 1 aliphatic rings. The van der Waals surface area contributed by atoms with E-state index in [1.165, 1.54) is 18.9 Å². The van der Waals surface area contributed by atoms with E-state index in [1.54, 1.807) is 37.5 Å². The van der Waals surface area contributed by atoms with Gasteiger partial charge in [0.05, 0.1) is 24.1 Å². The van der Waals surface area contributed by atoms with Gasteiger partial charge in [0, 0.05) is 0 Å². The molecule has 8 heteroatoms. The van der Waals surface area contributed by atoms with Gasteiger partial charge in [0.25, 0.3) is 5.91 Å². The van der Waals surface area contributed by atoms with Gasteiger partial charge in [-0.15, -0.1) is 0 Å². The topological polar surface area (TPSA) is 80.2 Å². The second-order valence-corrected chi connectivity index (χ2v) is 6.65. The molecule has 0 bridgehead atoms. The average molecular weight is 391 g/mol. The molecule has 0 aliphatic carbocycles. The molecule has 1 fully saturated rings. The van der Waals surface area contributed by atoms with Crippen molar-refractivity contribution in [1.82, 2.24) is 5.32 Å². The molecule has 134 valence electrons. The number of aromatic hydroxyl groups is 1. The molecule has 2 aromatic carbocycles. The van der Waals surface area contributed by atoms with E-state index in [1.807, 2.05) is 12.1 Å². The van der Waals surface area contributed by atoms with E-state index in [0.717, 1.165) is 0 Å². The molecule has 1 heterocycles. The molecule has 0 unspecified atom stereocenters. The number of amidine groups is 1. The van der Waals surface area contributed by atoms with E-state index < -0.39 is 0 Å². The first-order valence-corrected chi connectivity index (χ1v) is 8.70. The summed E-state index contributed by atoms with van der Waals surface area (Å²) in [7, 11) is 2.99. The van der Waals surface area contributed by atoms with Gasteiger partial charge in [-0.2, -0.15) is 0 Å². The summed E-state index contributed by atoms with van der Waals surface area (Å²) in [6, 6.07) is 10.4. The molecule has 1 saturated heterocycles. The van der Waals surface area contributed by atoms with Gasteiger partial charge in [0.1, 0.15) is 11.4 Å². The standard InChI is InChI=1S/C18H15ClN2O4S/c1-24-13-6-4-3-5-12(13)20-18-21-17(23)15(26-18)9-10-7-11(19)16(22)14(8-10)25-2/h3-9,22H,1-2H3,(H,20,21,23). The zero-order valence-corrected chi connectivity index (χ0v) is 15.5. The van der Waals surface area contributed by atoms with E-state index in [4.69, 9.17) is 21.1 Å². The van der Waals surface area contributed by atoms with E-state index in [0.29, 0.717) is 27.1 Å². The number of hydrogen-bond donors (Lipinski definition) is 2. The Morgan fingerprint density at radius 2 is 1.92 bits per heavy atom. The number of nitrogens with zero attached hydrogens (tertiary/aromatic N) is 1. The van der Waals surface area contributed by atoms with Crippen LogP contribution < -0.4 is 14.8 Å². The predicted molar refractivity (Wildman–Crippen MR) is 103 cm³/mol. The highest BCUT2D eigenvalue weighted by molar-refractivity contribution is 8.18. The van der Waals surface area contributed by atoms with Crippen LogP contribution in [-0.2, 0) is 4.79 Å². The minimum absolute atomic E-state index is 0.140. The Balaban J connectivity index is 1.90. The molecule has 26 heavy (non-hydrogen) atoms. The number of nitrogens with one attached hydrogen (secondary N) is 1. The number of thioether (sulfide) groups is 1. The fourth-order valence-electron chi connectivity index (χ4n) is 2.30. The third kappa shape index (κ3) is 3.79. The third-order valence-corrected chi connectivity index (χ3v) is 4.72. The fourth-order valence-corrected chi connectivity index (χ4v) is 3.35. The molecule has 0 saturated carbocycles. The van der Waals surface area contributed by atoms with E-state index in [-0.39, 0.29) is 22.4 Å². The number of ether oxygens (including phenoxy) is 2. The lowest BCUT2D eigenvalue weighted by Crippen LogP contribution is -2.19. The Bertz CT molecular complexity index is 927. The van der Waals surface area contributed by atoms with Crippen LogP contribution in [0.2, 0.25) is 5.02 Å². The van der Waals surface area contributed by atoms with Crippen LogP contribution in [0.25, 0.3) is 6.08 Å². The maximum absolute atomic E-state index is 12.2. The van der Waals surface area contributed by atoms with E-state index in [9.17, 15) is 9.90 Å². The first-order chi connectivity index (χ1) is 12.5. The van der Waals surface area contributed by atoms with Gasteiger partial charge < -0.3 is 19.9 Å². The Morgan fingerprint density at radius 1 is 1.19 bits per heavy atom. The number of hydrogen-bond acceptors (Lipinski definition) is 6. The predicted octanol–water partition coefficient (Wildman–Crippen LogP) is 3.95. The van der Waals surface area contributed by atoms with Crippen LogP contribution in [-0.4, -0.2) is 30.4 Å². The molecule has 3 rings (SSSR count). The first-order valence-electron chi connectivity index (χ1n) is 7.51. The summed E-state index contributed by atoms with van der Waals surface area (Å²) < 4.78 is 10.3. The minimum Gasteiger partial charge on any atom is -0.503 e. The van der Waals surface area contributed by atoms with Crippen molar-refractivity contribution >= 4 is 46.2 Å². The van der Waals surface area contributed by atoms with E-state index in [2.05, 4.69) is 10.3 Å². The van der Waals surface area contributed by atoms with Crippen molar-refractivity contribution in [2.24, 2.45) is 4.99 Å². The first kappa shape index (κ1) is 18.2. The Labute approximate surface area is 159 Å². The van der Waals surface area contributed by atoms with Crippen molar-refractivity contribution in [1.29, 1.82) is 0 Å². The zero-order valence-electron chi connectivity index (χ0n) is 13.9. The number of methoxy groups -OCH3 is 2. The number of para-hydroxylation sites is 2. The summed E-state index contributed by atoms with van der Waals surface area (Å²) >= 11 is 7.18. The van der Waals surface area contributed by atoms with Crippen LogP contribution in [0.3, 0.4) is 0 Å². The minimum atomic E-state index is -0.271. The summed E-state index contributed by atoms with van der Waals surface area (Å²) in [5.41, 5.74) is 1.24. The number of phenols is 1. The smallest absolute Gasteiger partial charge is 0.264 e. The number of amides is 1. The number of benzene rings is 2. The molecule has 1 aliphatic heterocycles. The molecule has 6 nitrogen and oxygen atoms in total. The van der Waals surface area contributed by atoms with Gasteiger partial charge in [0.15, 0.2) is 16.7 Å². The summed E-state index contributed by atoms with van der Waals surface area (Å²) in [6.45, 7) is 0. The van der Waals surface area contributed by atoms with Crippen molar-refractivity contribution in [2.45, 2.75) is 0 Å². The van der Waals surface area contributed by atoms with E-state index >= 15 is 0 Å². The number of phenolic OH excluding ortho intramolecular Hbond substituents is 1. The highest BCUT2D eigenvalue weighted by atomic mass is 35.5. The van der Waals surface area contributed by atoms with Gasteiger partial charge in [-0.3, -0.25) is 4.79 Å². The van der Waals surface area contributed by atoms with Gasteiger partial charge in [-0.05, 0) is 47.7 Å².